The average Bonchev–Trinajstić information content (AvgIpc) is 3.09. The van der Waals surface area contributed by atoms with Gasteiger partial charge in [-0.3, -0.25) is 4.79 Å². The lowest BCUT2D eigenvalue weighted by molar-refractivity contribution is -0.122. The van der Waals surface area contributed by atoms with Gasteiger partial charge in [0.25, 0.3) is 5.91 Å². The molecule has 128 valence electrons. The van der Waals surface area contributed by atoms with Crippen LogP contribution in [0, 0.1) is 0 Å². The summed E-state index contributed by atoms with van der Waals surface area (Å²) in [6.45, 7) is 2.20. The van der Waals surface area contributed by atoms with Crippen LogP contribution in [0.2, 0.25) is 5.02 Å². The standard InChI is InChI=1S/C18H17ClN4O2/c1-13(25-16-7-4-6-15(19)9-16)18(24)22-17-8-3-2-5-14(17)10-23-12-20-11-21-23/h2-9,11-13H,10H2,1H3,(H,22,24). The summed E-state index contributed by atoms with van der Waals surface area (Å²) < 4.78 is 7.34. The molecular weight excluding hydrogens is 340 g/mol. The monoisotopic (exact) mass is 356 g/mol. The Hall–Kier alpha value is -2.86. The van der Waals surface area contributed by atoms with Crippen LogP contribution in [-0.2, 0) is 11.3 Å². The first kappa shape index (κ1) is 17.0. The van der Waals surface area contributed by atoms with Gasteiger partial charge in [0.15, 0.2) is 6.10 Å². The molecule has 0 spiro atoms. The van der Waals surface area contributed by atoms with Gasteiger partial charge in [-0.25, -0.2) is 9.67 Å². The molecule has 2 aromatic carbocycles. The molecule has 3 aromatic rings. The van der Waals surface area contributed by atoms with Gasteiger partial charge in [-0.1, -0.05) is 35.9 Å². The zero-order valence-electron chi connectivity index (χ0n) is 13.6. The molecular formula is C18H17ClN4O2. The average molecular weight is 357 g/mol. The number of anilines is 1. The minimum absolute atomic E-state index is 0.244. The molecule has 25 heavy (non-hydrogen) atoms. The first-order valence-electron chi connectivity index (χ1n) is 7.75. The molecule has 0 saturated carbocycles. The number of nitrogens with zero attached hydrogens (tertiary/aromatic N) is 3. The highest BCUT2D eigenvalue weighted by molar-refractivity contribution is 6.30. The maximum Gasteiger partial charge on any atom is 0.265 e. The summed E-state index contributed by atoms with van der Waals surface area (Å²) in [4.78, 5) is 16.4. The van der Waals surface area contributed by atoms with Crippen molar-refractivity contribution in [3.05, 3.63) is 71.8 Å². The van der Waals surface area contributed by atoms with Gasteiger partial charge < -0.3 is 10.1 Å². The van der Waals surface area contributed by atoms with Gasteiger partial charge >= 0.3 is 0 Å². The number of benzene rings is 2. The molecule has 3 rings (SSSR count). The van der Waals surface area contributed by atoms with E-state index in [-0.39, 0.29) is 5.91 Å². The van der Waals surface area contributed by atoms with Crippen LogP contribution < -0.4 is 10.1 Å². The predicted molar refractivity (Wildman–Crippen MR) is 95.7 cm³/mol. The lowest BCUT2D eigenvalue weighted by Gasteiger charge is -2.16. The molecule has 0 radical (unpaired) electrons. The van der Waals surface area contributed by atoms with Crippen LogP contribution in [-0.4, -0.2) is 26.8 Å². The van der Waals surface area contributed by atoms with E-state index in [0.29, 0.717) is 23.0 Å². The van der Waals surface area contributed by atoms with Gasteiger partial charge in [0, 0.05) is 10.7 Å². The third kappa shape index (κ3) is 4.58. The molecule has 1 unspecified atom stereocenters. The third-order valence-electron chi connectivity index (χ3n) is 3.55. The molecule has 0 fully saturated rings. The Bertz CT molecular complexity index is 852. The number of aromatic nitrogens is 3. The number of rotatable bonds is 6. The second-order valence-corrected chi connectivity index (χ2v) is 5.89. The number of amides is 1. The highest BCUT2D eigenvalue weighted by atomic mass is 35.5. The summed E-state index contributed by atoms with van der Waals surface area (Å²) in [5, 5.41) is 7.54. The minimum atomic E-state index is -0.669. The summed E-state index contributed by atoms with van der Waals surface area (Å²) in [5.74, 6) is 0.303. The highest BCUT2D eigenvalue weighted by Gasteiger charge is 2.16. The predicted octanol–water partition coefficient (Wildman–Crippen LogP) is 3.39. The van der Waals surface area contributed by atoms with E-state index in [1.807, 2.05) is 24.3 Å². The quantitative estimate of drug-likeness (QED) is 0.735. The van der Waals surface area contributed by atoms with Crippen molar-refractivity contribution in [3.63, 3.8) is 0 Å². The number of hydrogen-bond acceptors (Lipinski definition) is 4. The highest BCUT2D eigenvalue weighted by Crippen LogP contribution is 2.20. The number of halogens is 1. The zero-order chi connectivity index (χ0) is 17.6. The SMILES string of the molecule is CC(Oc1cccc(Cl)c1)C(=O)Nc1ccccc1Cn1cncn1. The van der Waals surface area contributed by atoms with Gasteiger partial charge in [0.2, 0.25) is 0 Å². The van der Waals surface area contributed by atoms with E-state index >= 15 is 0 Å². The number of carbonyl (C=O) groups is 1. The van der Waals surface area contributed by atoms with Gasteiger partial charge in [0.05, 0.1) is 6.54 Å². The van der Waals surface area contributed by atoms with Crippen molar-refractivity contribution < 1.29 is 9.53 Å². The van der Waals surface area contributed by atoms with Crippen LogP contribution in [0.15, 0.2) is 61.2 Å². The Morgan fingerprint density at radius 2 is 2.12 bits per heavy atom. The van der Waals surface area contributed by atoms with Crippen LogP contribution >= 0.6 is 11.6 Å². The first-order valence-corrected chi connectivity index (χ1v) is 8.13. The lowest BCUT2D eigenvalue weighted by Crippen LogP contribution is -2.30. The maximum atomic E-state index is 12.5. The largest absolute Gasteiger partial charge is 0.481 e. The number of carbonyl (C=O) groups excluding carboxylic acids is 1. The molecule has 1 N–H and O–H groups in total. The van der Waals surface area contributed by atoms with E-state index in [1.165, 1.54) is 6.33 Å². The van der Waals surface area contributed by atoms with Gasteiger partial charge in [-0.05, 0) is 36.8 Å². The summed E-state index contributed by atoms with van der Waals surface area (Å²) in [6.07, 6.45) is 2.43. The fourth-order valence-corrected chi connectivity index (χ4v) is 2.48. The van der Waals surface area contributed by atoms with E-state index in [1.54, 1.807) is 42.2 Å². The van der Waals surface area contributed by atoms with Crippen molar-refractivity contribution in [1.29, 1.82) is 0 Å². The van der Waals surface area contributed by atoms with Crippen molar-refractivity contribution in [2.75, 3.05) is 5.32 Å². The number of ether oxygens (including phenoxy) is 1. The topological polar surface area (TPSA) is 69.0 Å². The van der Waals surface area contributed by atoms with Crippen molar-refractivity contribution in [1.82, 2.24) is 14.8 Å². The summed E-state index contributed by atoms with van der Waals surface area (Å²) in [5.41, 5.74) is 1.64. The van der Waals surface area contributed by atoms with Gasteiger partial charge in [0.1, 0.15) is 18.4 Å². The van der Waals surface area contributed by atoms with Crippen LogP contribution in [0.4, 0.5) is 5.69 Å². The Morgan fingerprint density at radius 3 is 2.88 bits per heavy atom. The molecule has 6 nitrogen and oxygen atoms in total. The Morgan fingerprint density at radius 1 is 1.28 bits per heavy atom. The Labute approximate surface area is 150 Å². The second kappa shape index (κ2) is 7.81. The summed E-state index contributed by atoms with van der Waals surface area (Å²) in [7, 11) is 0. The first-order chi connectivity index (χ1) is 12.1. The van der Waals surface area contributed by atoms with Crippen LogP contribution in [0.1, 0.15) is 12.5 Å². The molecule has 7 heteroatoms. The molecule has 1 aromatic heterocycles. The van der Waals surface area contributed by atoms with Crippen molar-refractivity contribution in [2.24, 2.45) is 0 Å². The molecule has 1 atom stereocenters. The van der Waals surface area contributed by atoms with E-state index in [9.17, 15) is 4.79 Å². The van der Waals surface area contributed by atoms with Crippen LogP contribution in [0.3, 0.4) is 0 Å². The molecule has 0 aliphatic carbocycles. The normalized spacial score (nSPS) is 11.8. The van der Waals surface area contributed by atoms with Crippen LogP contribution in [0.25, 0.3) is 0 Å². The number of hydrogen-bond donors (Lipinski definition) is 1. The second-order valence-electron chi connectivity index (χ2n) is 5.46. The van der Waals surface area contributed by atoms with Crippen LogP contribution in [0.5, 0.6) is 5.75 Å². The fourth-order valence-electron chi connectivity index (χ4n) is 2.30. The van der Waals surface area contributed by atoms with E-state index in [4.69, 9.17) is 16.3 Å². The minimum Gasteiger partial charge on any atom is -0.481 e. The van der Waals surface area contributed by atoms with E-state index in [0.717, 1.165) is 5.56 Å². The molecule has 0 saturated heterocycles. The smallest absolute Gasteiger partial charge is 0.265 e. The molecule has 0 bridgehead atoms. The van der Waals surface area contributed by atoms with E-state index < -0.39 is 6.10 Å². The van der Waals surface area contributed by atoms with Crippen molar-refractivity contribution in [3.8, 4) is 5.75 Å². The molecule has 1 amide bonds. The fraction of sp³-hybridized carbons (Fsp3) is 0.167. The lowest BCUT2D eigenvalue weighted by atomic mass is 10.1. The third-order valence-corrected chi connectivity index (χ3v) is 3.79. The zero-order valence-corrected chi connectivity index (χ0v) is 14.3. The Kier molecular flexibility index (Phi) is 5.30. The summed E-state index contributed by atoms with van der Waals surface area (Å²) in [6, 6.07) is 14.5. The van der Waals surface area contributed by atoms with Gasteiger partial charge in [-0.15, -0.1) is 0 Å². The van der Waals surface area contributed by atoms with Crippen molar-refractivity contribution >= 4 is 23.2 Å². The van der Waals surface area contributed by atoms with Crippen molar-refractivity contribution in [2.45, 2.75) is 19.6 Å². The Balaban J connectivity index is 1.68. The molecule has 0 aliphatic rings. The molecule has 1 heterocycles. The van der Waals surface area contributed by atoms with E-state index in [2.05, 4.69) is 15.4 Å². The number of para-hydroxylation sites is 1. The van der Waals surface area contributed by atoms with Gasteiger partial charge in [-0.2, -0.15) is 5.10 Å². The number of nitrogens with one attached hydrogen (secondary N) is 1. The summed E-state index contributed by atoms with van der Waals surface area (Å²) >= 11 is 5.93. The molecule has 0 aliphatic heterocycles. The maximum absolute atomic E-state index is 12.5.